The normalized spacial score (nSPS) is 28.9. The Kier molecular flexibility index (Phi) is 3.65. The molecule has 1 aromatic rings. The van der Waals surface area contributed by atoms with Gasteiger partial charge in [-0.25, -0.2) is 4.39 Å². The summed E-state index contributed by atoms with van der Waals surface area (Å²) in [7, 11) is 0. The predicted molar refractivity (Wildman–Crippen MR) is 68.1 cm³/mol. The molecule has 0 radical (unpaired) electrons. The fourth-order valence-corrected chi connectivity index (χ4v) is 2.91. The largest absolute Gasteiger partial charge is 0.314 e. The van der Waals surface area contributed by atoms with Crippen molar-refractivity contribution in [3.63, 3.8) is 0 Å². The molecule has 0 heterocycles. The van der Waals surface area contributed by atoms with E-state index in [0.29, 0.717) is 17.9 Å². The lowest BCUT2D eigenvalue weighted by atomic mass is 9.67. The van der Waals surface area contributed by atoms with Crippen LogP contribution in [0.4, 0.5) is 4.39 Å². The molecule has 0 amide bonds. The molecule has 1 aliphatic carbocycles. The minimum atomic E-state index is -0.0741. The predicted octanol–water partition coefficient (Wildman–Crippen LogP) is 3.69. The highest BCUT2D eigenvalue weighted by Gasteiger charge is 2.39. The summed E-state index contributed by atoms with van der Waals surface area (Å²) < 4.78 is 14.6. The van der Waals surface area contributed by atoms with Crippen LogP contribution in [0, 0.1) is 11.7 Å². The van der Waals surface area contributed by atoms with Crippen LogP contribution < -0.4 is 5.32 Å². The molecule has 1 aliphatic rings. The fourth-order valence-electron chi connectivity index (χ4n) is 2.53. The molecule has 0 spiro atoms. The highest BCUT2D eigenvalue weighted by atomic mass is 79.9. The van der Waals surface area contributed by atoms with Gasteiger partial charge in [-0.05, 0) is 48.6 Å². The van der Waals surface area contributed by atoms with Crippen LogP contribution in [0.25, 0.3) is 0 Å². The van der Waals surface area contributed by atoms with E-state index in [1.54, 1.807) is 12.1 Å². The summed E-state index contributed by atoms with van der Waals surface area (Å²) in [6.07, 6.45) is 1.04. The molecular weight excluding hydrogens is 269 g/mol. The zero-order chi connectivity index (χ0) is 11.7. The summed E-state index contributed by atoms with van der Waals surface area (Å²) in [5.74, 6) is 0.806. The second kappa shape index (κ2) is 4.84. The van der Waals surface area contributed by atoms with E-state index in [0.717, 1.165) is 23.0 Å². The van der Waals surface area contributed by atoms with E-state index >= 15 is 0 Å². The Morgan fingerprint density at radius 3 is 2.88 bits per heavy atom. The van der Waals surface area contributed by atoms with Crippen molar-refractivity contribution in [3.05, 3.63) is 34.1 Å². The summed E-state index contributed by atoms with van der Waals surface area (Å²) >= 11 is 3.40. The molecular formula is C13H17BrFN. The lowest BCUT2D eigenvalue weighted by molar-refractivity contribution is 0.183. The number of benzene rings is 1. The molecule has 2 rings (SSSR count). The van der Waals surface area contributed by atoms with Gasteiger partial charge in [-0.1, -0.05) is 29.8 Å². The van der Waals surface area contributed by atoms with E-state index < -0.39 is 0 Å². The summed E-state index contributed by atoms with van der Waals surface area (Å²) in [5, 5.41) is 3.43. The Morgan fingerprint density at radius 1 is 1.50 bits per heavy atom. The van der Waals surface area contributed by atoms with Gasteiger partial charge in [0.2, 0.25) is 0 Å². The van der Waals surface area contributed by atoms with Gasteiger partial charge in [-0.3, -0.25) is 0 Å². The van der Waals surface area contributed by atoms with E-state index in [2.05, 4.69) is 35.1 Å². The van der Waals surface area contributed by atoms with E-state index in [4.69, 9.17) is 0 Å². The molecule has 1 nitrogen and oxygen atoms in total. The zero-order valence-corrected chi connectivity index (χ0v) is 11.2. The maximum absolute atomic E-state index is 13.7. The standard InChI is InChI=1S/C13H17BrFN/c1-3-16-13-7-10(8(13)2)11-6-9(14)4-5-12(11)15/h4-6,8,10,13,16H,3,7H2,1-2H3. The van der Waals surface area contributed by atoms with E-state index in [9.17, 15) is 4.39 Å². The number of halogens is 2. The van der Waals surface area contributed by atoms with Crippen molar-refractivity contribution >= 4 is 15.9 Å². The van der Waals surface area contributed by atoms with Gasteiger partial charge in [0.15, 0.2) is 0 Å². The molecule has 1 fully saturated rings. The Balaban J connectivity index is 2.12. The van der Waals surface area contributed by atoms with Crippen LogP contribution >= 0.6 is 15.9 Å². The van der Waals surface area contributed by atoms with Gasteiger partial charge < -0.3 is 5.32 Å². The van der Waals surface area contributed by atoms with E-state index in [-0.39, 0.29) is 5.82 Å². The average Bonchev–Trinajstić information content (AvgIpc) is 2.27. The molecule has 1 aromatic carbocycles. The maximum Gasteiger partial charge on any atom is 0.126 e. The molecule has 0 saturated heterocycles. The molecule has 3 heteroatoms. The third-order valence-corrected chi connectivity index (χ3v) is 4.09. The van der Waals surface area contributed by atoms with Crippen LogP contribution in [0.1, 0.15) is 31.7 Å². The van der Waals surface area contributed by atoms with Crippen molar-refractivity contribution < 1.29 is 4.39 Å². The van der Waals surface area contributed by atoms with Gasteiger partial charge in [0.1, 0.15) is 5.82 Å². The van der Waals surface area contributed by atoms with Gasteiger partial charge in [0, 0.05) is 10.5 Å². The first-order chi connectivity index (χ1) is 7.63. The Morgan fingerprint density at radius 2 is 2.25 bits per heavy atom. The second-order valence-corrected chi connectivity index (χ2v) is 5.45. The molecule has 16 heavy (non-hydrogen) atoms. The van der Waals surface area contributed by atoms with E-state index in [1.165, 1.54) is 0 Å². The van der Waals surface area contributed by atoms with Crippen molar-refractivity contribution in [1.29, 1.82) is 0 Å². The first-order valence-corrected chi connectivity index (χ1v) is 6.61. The molecule has 1 N–H and O–H groups in total. The van der Waals surface area contributed by atoms with Crippen LogP contribution in [-0.2, 0) is 0 Å². The highest BCUT2D eigenvalue weighted by Crippen LogP contribution is 2.43. The third kappa shape index (κ3) is 2.16. The van der Waals surface area contributed by atoms with Crippen LogP contribution in [0.5, 0.6) is 0 Å². The lowest BCUT2D eigenvalue weighted by Gasteiger charge is -2.43. The molecule has 0 aromatic heterocycles. The topological polar surface area (TPSA) is 12.0 Å². The molecule has 3 atom stereocenters. The summed E-state index contributed by atoms with van der Waals surface area (Å²) in [5.41, 5.74) is 0.857. The van der Waals surface area contributed by atoms with Gasteiger partial charge in [-0.15, -0.1) is 0 Å². The molecule has 0 aliphatic heterocycles. The van der Waals surface area contributed by atoms with Crippen LogP contribution in [0.3, 0.4) is 0 Å². The minimum Gasteiger partial charge on any atom is -0.314 e. The van der Waals surface area contributed by atoms with Gasteiger partial charge in [0.05, 0.1) is 0 Å². The minimum absolute atomic E-state index is 0.0741. The Hall–Kier alpha value is -0.410. The van der Waals surface area contributed by atoms with Crippen molar-refractivity contribution in [3.8, 4) is 0 Å². The lowest BCUT2D eigenvalue weighted by Crippen LogP contribution is -2.47. The fraction of sp³-hybridized carbons (Fsp3) is 0.538. The van der Waals surface area contributed by atoms with Crippen LogP contribution in [0.15, 0.2) is 22.7 Å². The number of hydrogen-bond acceptors (Lipinski definition) is 1. The first kappa shape index (κ1) is 12.1. The average molecular weight is 286 g/mol. The van der Waals surface area contributed by atoms with Crippen molar-refractivity contribution in [2.24, 2.45) is 5.92 Å². The number of hydrogen-bond donors (Lipinski definition) is 1. The maximum atomic E-state index is 13.7. The third-order valence-electron chi connectivity index (χ3n) is 3.60. The zero-order valence-electron chi connectivity index (χ0n) is 9.63. The van der Waals surface area contributed by atoms with Crippen molar-refractivity contribution in [2.75, 3.05) is 6.54 Å². The van der Waals surface area contributed by atoms with Gasteiger partial charge in [-0.2, -0.15) is 0 Å². The SMILES string of the molecule is CCNC1CC(c2cc(Br)ccc2F)C1C. The summed E-state index contributed by atoms with van der Waals surface area (Å²) in [4.78, 5) is 0. The van der Waals surface area contributed by atoms with E-state index in [1.807, 2.05) is 6.07 Å². The quantitative estimate of drug-likeness (QED) is 0.893. The van der Waals surface area contributed by atoms with Crippen molar-refractivity contribution in [1.82, 2.24) is 5.32 Å². The molecule has 1 saturated carbocycles. The molecule has 88 valence electrons. The smallest absolute Gasteiger partial charge is 0.126 e. The van der Waals surface area contributed by atoms with Crippen LogP contribution in [0.2, 0.25) is 0 Å². The number of nitrogens with one attached hydrogen (secondary N) is 1. The van der Waals surface area contributed by atoms with Gasteiger partial charge >= 0.3 is 0 Å². The molecule has 0 bridgehead atoms. The second-order valence-electron chi connectivity index (χ2n) is 4.53. The highest BCUT2D eigenvalue weighted by molar-refractivity contribution is 9.10. The Bertz CT molecular complexity index is 380. The first-order valence-electron chi connectivity index (χ1n) is 5.81. The monoisotopic (exact) mass is 285 g/mol. The number of rotatable bonds is 3. The van der Waals surface area contributed by atoms with Crippen molar-refractivity contribution in [2.45, 2.75) is 32.2 Å². The summed E-state index contributed by atoms with van der Waals surface area (Å²) in [6.45, 7) is 5.30. The molecule has 3 unspecified atom stereocenters. The Labute approximate surface area is 105 Å². The van der Waals surface area contributed by atoms with Crippen LogP contribution in [-0.4, -0.2) is 12.6 Å². The van der Waals surface area contributed by atoms with Gasteiger partial charge in [0.25, 0.3) is 0 Å². The summed E-state index contributed by atoms with van der Waals surface area (Å²) in [6, 6.07) is 5.77.